The monoisotopic (exact) mass is 388 g/mol. The lowest BCUT2D eigenvalue weighted by molar-refractivity contribution is 0.340. The van der Waals surface area contributed by atoms with Gasteiger partial charge in [0.15, 0.2) is 0 Å². The maximum atomic E-state index is 9.79. The fourth-order valence-electron chi connectivity index (χ4n) is 3.48. The van der Waals surface area contributed by atoms with Crippen LogP contribution in [0.1, 0.15) is 24.0 Å². The van der Waals surface area contributed by atoms with E-state index < -0.39 is 5.92 Å². The second-order valence-corrected chi connectivity index (χ2v) is 6.47. The summed E-state index contributed by atoms with van der Waals surface area (Å²) in [5.41, 5.74) is 9.71. The third-order valence-corrected chi connectivity index (χ3v) is 4.84. The van der Waals surface area contributed by atoms with Crippen molar-refractivity contribution >= 4 is 0 Å². The van der Waals surface area contributed by atoms with Crippen LogP contribution in [0.5, 0.6) is 17.4 Å². The van der Waals surface area contributed by atoms with Gasteiger partial charge in [0.05, 0.1) is 30.9 Å². The molecule has 1 aliphatic heterocycles. The van der Waals surface area contributed by atoms with Crippen molar-refractivity contribution in [3.8, 4) is 34.7 Å². The maximum absolute atomic E-state index is 9.79. The van der Waals surface area contributed by atoms with Crippen molar-refractivity contribution < 1.29 is 14.2 Å². The molecule has 0 bridgehead atoms. The van der Waals surface area contributed by atoms with Gasteiger partial charge in [-0.15, -0.1) is 5.10 Å². The van der Waals surface area contributed by atoms with Gasteiger partial charge >= 0.3 is 0 Å². The summed E-state index contributed by atoms with van der Waals surface area (Å²) in [4.78, 5) is 0. The zero-order valence-electron chi connectivity index (χ0n) is 16.1. The zero-order valence-corrected chi connectivity index (χ0v) is 16.1. The van der Waals surface area contributed by atoms with Crippen LogP contribution >= 0.6 is 0 Å². The number of nitriles is 1. The van der Waals surface area contributed by atoms with Crippen molar-refractivity contribution in [2.75, 3.05) is 13.7 Å². The molecule has 4 rings (SSSR count). The number of allylic oxidation sites excluding steroid dienone is 1. The summed E-state index contributed by atoms with van der Waals surface area (Å²) in [6.45, 7) is 2.52. The summed E-state index contributed by atoms with van der Waals surface area (Å²) in [5.74, 6) is 1.54. The van der Waals surface area contributed by atoms with Crippen molar-refractivity contribution in [3.05, 3.63) is 71.1 Å². The first-order chi connectivity index (χ1) is 14.2. The van der Waals surface area contributed by atoms with E-state index in [9.17, 15) is 5.26 Å². The summed E-state index contributed by atoms with van der Waals surface area (Å²) in [6, 6.07) is 17.4. The van der Waals surface area contributed by atoms with Crippen molar-refractivity contribution in [2.24, 2.45) is 5.73 Å². The average molecular weight is 388 g/mol. The third-order valence-electron chi connectivity index (χ3n) is 4.84. The van der Waals surface area contributed by atoms with Crippen molar-refractivity contribution in [2.45, 2.75) is 12.8 Å². The number of aromatic amines is 1. The minimum Gasteiger partial charge on any atom is -0.497 e. The van der Waals surface area contributed by atoms with Gasteiger partial charge < -0.3 is 19.9 Å². The van der Waals surface area contributed by atoms with Crippen molar-refractivity contribution in [1.82, 2.24) is 10.2 Å². The largest absolute Gasteiger partial charge is 0.497 e. The Morgan fingerprint density at radius 3 is 2.45 bits per heavy atom. The molecule has 1 aromatic heterocycles. The van der Waals surface area contributed by atoms with Crippen LogP contribution in [0.15, 0.2) is 60.0 Å². The van der Waals surface area contributed by atoms with E-state index in [4.69, 9.17) is 19.9 Å². The molecule has 0 aliphatic carbocycles. The van der Waals surface area contributed by atoms with Gasteiger partial charge in [-0.05, 0) is 48.9 Å². The molecule has 1 atom stereocenters. The number of ether oxygens (including phenoxy) is 3. The maximum Gasteiger partial charge on any atom is 0.244 e. The Bertz CT molecular complexity index is 1090. The van der Waals surface area contributed by atoms with Crippen LogP contribution in [0.25, 0.3) is 11.3 Å². The van der Waals surface area contributed by atoms with Gasteiger partial charge in [-0.25, -0.2) is 0 Å². The number of methoxy groups -OCH3 is 1. The Labute approximate surface area is 168 Å². The van der Waals surface area contributed by atoms with E-state index in [-0.39, 0.29) is 5.88 Å². The molecule has 0 fully saturated rings. The molecule has 0 radical (unpaired) electrons. The molecular weight excluding hydrogens is 368 g/mol. The quantitative estimate of drug-likeness (QED) is 0.690. The highest BCUT2D eigenvalue weighted by Crippen LogP contribution is 2.45. The number of hydrogen-bond acceptors (Lipinski definition) is 6. The molecule has 29 heavy (non-hydrogen) atoms. The van der Waals surface area contributed by atoms with E-state index in [0.717, 1.165) is 33.9 Å². The van der Waals surface area contributed by atoms with Crippen molar-refractivity contribution in [1.29, 1.82) is 5.26 Å². The molecule has 146 valence electrons. The Balaban J connectivity index is 1.84. The number of aromatic nitrogens is 2. The van der Waals surface area contributed by atoms with Gasteiger partial charge in [-0.3, -0.25) is 5.10 Å². The summed E-state index contributed by atoms with van der Waals surface area (Å²) >= 11 is 0. The standard InChI is InChI=1S/C22H20N4O3/c1-3-28-16-10-4-13(5-11-16)18-17(12-23)21(24)29-22-19(18)20(25-26-22)14-6-8-15(27-2)9-7-14/h4-11,18H,3,24H2,1-2H3,(H,25,26)/t18-/m1/s1. The average Bonchev–Trinajstić information content (AvgIpc) is 3.17. The lowest BCUT2D eigenvalue weighted by Crippen LogP contribution is -2.21. The number of H-pyrrole nitrogens is 1. The Kier molecular flexibility index (Phi) is 4.83. The lowest BCUT2D eigenvalue weighted by atomic mass is 9.83. The van der Waals surface area contributed by atoms with Crippen LogP contribution < -0.4 is 19.9 Å². The fourth-order valence-corrected chi connectivity index (χ4v) is 3.48. The van der Waals surface area contributed by atoms with Crippen LogP contribution in [-0.2, 0) is 0 Å². The Morgan fingerprint density at radius 1 is 1.14 bits per heavy atom. The fraction of sp³-hybridized carbons (Fsp3) is 0.182. The zero-order chi connectivity index (χ0) is 20.4. The molecular formula is C22H20N4O3. The smallest absolute Gasteiger partial charge is 0.244 e. The van der Waals surface area contributed by atoms with Gasteiger partial charge in [0.25, 0.3) is 0 Å². The summed E-state index contributed by atoms with van der Waals surface area (Å²) in [6.07, 6.45) is 0. The molecule has 3 N–H and O–H groups in total. The van der Waals surface area contributed by atoms with E-state index in [0.29, 0.717) is 18.1 Å². The second kappa shape index (κ2) is 7.60. The van der Waals surface area contributed by atoms with Crippen molar-refractivity contribution in [3.63, 3.8) is 0 Å². The predicted molar refractivity (Wildman–Crippen MR) is 107 cm³/mol. The lowest BCUT2D eigenvalue weighted by Gasteiger charge is -2.24. The van der Waals surface area contributed by atoms with Gasteiger partial charge in [-0.2, -0.15) is 5.26 Å². The number of nitrogens with zero attached hydrogens (tertiary/aromatic N) is 2. The summed E-state index contributed by atoms with van der Waals surface area (Å²) in [5, 5.41) is 17.1. The molecule has 0 spiro atoms. The molecule has 2 heterocycles. The van der Waals surface area contributed by atoms with Crippen LogP contribution in [0, 0.1) is 11.3 Å². The number of nitrogens with two attached hydrogens (primary N) is 1. The molecule has 0 unspecified atom stereocenters. The van der Waals surface area contributed by atoms with Gasteiger partial charge in [0.1, 0.15) is 23.1 Å². The molecule has 7 heteroatoms. The van der Waals surface area contributed by atoms with Gasteiger partial charge in [0, 0.05) is 5.56 Å². The number of nitrogens with one attached hydrogen (secondary N) is 1. The Hall–Kier alpha value is -3.92. The minimum atomic E-state index is -0.407. The Morgan fingerprint density at radius 2 is 1.83 bits per heavy atom. The molecule has 1 aliphatic rings. The molecule has 0 saturated carbocycles. The van der Waals surface area contributed by atoms with E-state index in [2.05, 4.69) is 16.3 Å². The molecule has 2 aromatic carbocycles. The minimum absolute atomic E-state index is 0.0617. The number of rotatable bonds is 5. The first kappa shape index (κ1) is 18.4. The molecule has 3 aromatic rings. The number of hydrogen-bond donors (Lipinski definition) is 2. The van der Waals surface area contributed by atoms with Crippen LogP contribution in [-0.4, -0.2) is 23.9 Å². The SMILES string of the molecule is CCOc1ccc([C@@H]2C(C#N)=C(N)Oc3n[nH]c(-c4ccc(OC)cc4)c32)cc1. The van der Waals surface area contributed by atoms with Crippen LogP contribution in [0.3, 0.4) is 0 Å². The van der Waals surface area contributed by atoms with E-state index in [1.54, 1.807) is 7.11 Å². The first-order valence-electron chi connectivity index (χ1n) is 9.19. The first-order valence-corrected chi connectivity index (χ1v) is 9.19. The highest BCUT2D eigenvalue weighted by Gasteiger charge is 2.35. The summed E-state index contributed by atoms with van der Waals surface area (Å²) < 4.78 is 16.4. The highest BCUT2D eigenvalue weighted by atomic mass is 16.5. The van der Waals surface area contributed by atoms with E-state index in [1.807, 2.05) is 55.5 Å². The van der Waals surface area contributed by atoms with Gasteiger partial charge in [-0.1, -0.05) is 12.1 Å². The number of fused-ring (bicyclic) bond motifs is 1. The second-order valence-electron chi connectivity index (χ2n) is 6.47. The van der Waals surface area contributed by atoms with Crippen LogP contribution in [0.2, 0.25) is 0 Å². The molecule has 7 nitrogen and oxygen atoms in total. The summed E-state index contributed by atoms with van der Waals surface area (Å²) in [7, 11) is 1.62. The molecule has 0 saturated heterocycles. The highest BCUT2D eigenvalue weighted by molar-refractivity contribution is 5.71. The molecule has 0 amide bonds. The van der Waals surface area contributed by atoms with E-state index in [1.165, 1.54) is 0 Å². The normalized spacial score (nSPS) is 15.3. The van der Waals surface area contributed by atoms with Crippen LogP contribution in [0.4, 0.5) is 0 Å². The third kappa shape index (κ3) is 3.25. The number of benzene rings is 2. The topological polar surface area (TPSA) is 106 Å². The predicted octanol–water partition coefficient (Wildman–Crippen LogP) is 3.70. The van der Waals surface area contributed by atoms with E-state index >= 15 is 0 Å². The van der Waals surface area contributed by atoms with Gasteiger partial charge in [0.2, 0.25) is 11.8 Å².